The molecular formula is C19H16Cl3N3O2. The molecule has 140 valence electrons. The number of nitrogens with zero attached hydrogens (tertiary/aromatic N) is 2. The predicted molar refractivity (Wildman–Crippen MR) is 109 cm³/mol. The quantitative estimate of drug-likeness (QED) is 0.482. The molecule has 0 unspecified atom stereocenters. The maximum Gasteiger partial charge on any atom is 0.187 e. The Morgan fingerprint density at radius 2 is 1.89 bits per heavy atom. The molecule has 1 aliphatic carbocycles. The number of hydrogen-bond acceptors (Lipinski definition) is 5. The highest BCUT2D eigenvalue weighted by Crippen LogP contribution is 2.42. The number of benzene rings is 1. The van der Waals surface area contributed by atoms with E-state index in [1.807, 2.05) is 12.1 Å². The summed E-state index contributed by atoms with van der Waals surface area (Å²) in [5.74, 6) is 1.79. The Labute approximate surface area is 171 Å². The summed E-state index contributed by atoms with van der Waals surface area (Å²) >= 11 is 18.8. The molecule has 0 radical (unpaired) electrons. The Morgan fingerprint density at radius 3 is 2.56 bits per heavy atom. The summed E-state index contributed by atoms with van der Waals surface area (Å²) in [6.07, 6.45) is 5.42. The van der Waals surface area contributed by atoms with Crippen LogP contribution in [0, 0.1) is 5.92 Å². The number of fused-ring (bicyclic) bond motifs is 1. The van der Waals surface area contributed by atoms with E-state index in [2.05, 4.69) is 15.3 Å². The Kier molecular flexibility index (Phi) is 5.17. The minimum Gasteiger partial charge on any atom is -0.493 e. The zero-order valence-electron chi connectivity index (χ0n) is 14.4. The fraction of sp³-hybridized carbons (Fsp3) is 0.263. The van der Waals surface area contributed by atoms with Gasteiger partial charge in [0.05, 0.1) is 35.1 Å². The van der Waals surface area contributed by atoms with Crippen LogP contribution in [-0.4, -0.2) is 23.7 Å². The molecule has 0 spiro atoms. The molecule has 4 rings (SSSR count). The van der Waals surface area contributed by atoms with Crippen LogP contribution in [0.25, 0.3) is 10.9 Å². The first-order chi connectivity index (χ1) is 13.1. The topological polar surface area (TPSA) is 56.3 Å². The van der Waals surface area contributed by atoms with Gasteiger partial charge < -0.3 is 14.8 Å². The Bertz CT molecular complexity index is 989. The zero-order valence-corrected chi connectivity index (χ0v) is 16.7. The third-order valence-electron chi connectivity index (χ3n) is 4.36. The summed E-state index contributed by atoms with van der Waals surface area (Å²) in [4.78, 5) is 8.44. The van der Waals surface area contributed by atoms with Crippen LogP contribution in [0.5, 0.6) is 11.5 Å². The summed E-state index contributed by atoms with van der Waals surface area (Å²) in [7, 11) is 1.60. The molecule has 0 saturated heterocycles. The summed E-state index contributed by atoms with van der Waals surface area (Å²) in [6.45, 7) is 0.633. The molecule has 3 aromatic rings. The van der Waals surface area contributed by atoms with Gasteiger partial charge in [-0.3, -0.25) is 4.98 Å². The van der Waals surface area contributed by atoms with Crippen molar-refractivity contribution in [1.29, 1.82) is 0 Å². The molecule has 1 fully saturated rings. The summed E-state index contributed by atoms with van der Waals surface area (Å²) in [5.41, 5.74) is 1.87. The van der Waals surface area contributed by atoms with Gasteiger partial charge in [0.25, 0.3) is 0 Å². The standard InChI is InChI=1S/C19H16Cl3N3O2/c1-26-15-5-4-11-14(24-18-12(20)7-23-8-13(18)21)6-16(22)25-17(11)19(15)27-9-10-2-3-10/h4-8,10H,2-3,9H2,1H3,(H,23,24,25). The molecule has 27 heavy (non-hydrogen) atoms. The van der Waals surface area contributed by atoms with E-state index in [4.69, 9.17) is 44.3 Å². The van der Waals surface area contributed by atoms with Crippen LogP contribution in [0.3, 0.4) is 0 Å². The van der Waals surface area contributed by atoms with Gasteiger partial charge in [0, 0.05) is 17.8 Å². The minimum atomic E-state index is 0.316. The summed E-state index contributed by atoms with van der Waals surface area (Å²) in [6, 6.07) is 5.46. The lowest BCUT2D eigenvalue weighted by atomic mass is 10.1. The highest BCUT2D eigenvalue weighted by Gasteiger charge is 2.24. The van der Waals surface area contributed by atoms with Crippen molar-refractivity contribution in [3.8, 4) is 11.5 Å². The predicted octanol–water partition coefficient (Wildman–Crippen LogP) is 6.13. The van der Waals surface area contributed by atoms with E-state index in [1.54, 1.807) is 13.2 Å². The number of methoxy groups -OCH3 is 1. The largest absolute Gasteiger partial charge is 0.493 e. The lowest BCUT2D eigenvalue weighted by molar-refractivity contribution is 0.283. The molecule has 0 amide bonds. The highest BCUT2D eigenvalue weighted by molar-refractivity contribution is 6.39. The van der Waals surface area contributed by atoms with Crippen LogP contribution in [0.4, 0.5) is 11.4 Å². The van der Waals surface area contributed by atoms with Crippen LogP contribution in [0.2, 0.25) is 15.2 Å². The Hall–Kier alpha value is -1.95. The van der Waals surface area contributed by atoms with Crippen LogP contribution in [-0.2, 0) is 0 Å². The van der Waals surface area contributed by atoms with Gasteiger partial charge in [0.2, 0.25) is 0 Å². The Balaban J connectivity index is 1.82. The van der Waals surface area contributed by atoms with Crippen molar-refractivity contribution in [2.24, 2.45) is 5.92 Å². The molecule has 1 aliphatic rings. The number of ether oxygens (including phenoxy) is 2. The van der Waals surface area contributed by atoms with Gasteiger partial charge >= 0.3 is 0 Å². The van der Waals surface area contributed by atoms with Gasteiger partial charge in [-0.15, -0.1) is 0 Å². The number of pyridine rings is 2. The zero-order chi connectivity index (χ0) is 19.0. The van der Waals surface area contributed by atoms with Crippen molar-refractivity contribution in [3.63, 3.8) is 0 Å². The maximum atomic E-state index is 6.29. The minimum absolute atomic E-state index is 0.316. The van der Waals surface area contributed by atoms with Gasteiger partial charge in [-0.2, -0.15) is 0 Å². The fourth-order valence-corrected chi connectivity index (χ4v) is 3.42. The second-order valence-electron chi connectivity index (χ2n) is 6.34. The fourth-order valence-electron chi connectivity index (χ4n) is 2.77. The molecule has 2 aromatic heterocycles. The molecule has 1 saturated carbocycles. The first-order valence-corrected chi connectivity index (χ1v) is 9.56. The van der Waals surface area contributed by atoms with E-state index >= 15 is 0 Å². The van der Waals surface area contributed by atoms with Gasteiger partial charge in [0.15, 0.2) is 11.5 Å². The average molecular weight is 425 g/mol. The van der Waals surface area contributed by atoms with Crippen LogP contribution < -0.4 is 14.8 Å². The highest BCUT2D eigenvalue weighted by atomic mass is 35.5. The lowest BCUT2D eigenvalue weighted by Gasteiger charge is -2.16. The van der Waals surface area contributed by atoms with Crippen LogP contribution in [0.1, 0.15) is 12.8 Å². The smallest absolute Gasteiger partial charge is 0.187 e. The first-order valence-electron chi connectivity index (χ1n) is 8.43. The first kappa shape index (κ1) is 18.4. The molecule has 1 N–H and O–H groups in total. The third kappa shape index (κ3) is 3.86. The lowest BCUT2D eigenvalue weighted by Crippen LogP contribution is -2.03. The van der Waals surface area contributed by atoms with E-state index in [-0.39, 0.29) is 0 Å². The van der Waals surface area contributed by atoms with E-state index in [1.165, 1.54) is 25.2 Å². The van der Waals surface area contributed by atoms with Crippen molar-refractivity contribution >= 4 is 57.1 Å². The summed E-state index contributed by atoms with van der Waals surface area (Å²) < 4.78 is 11.5. The molecule has 2 heterocycles. The third-order valence-corrected chi connectivity index (χ3v) is 5.13. The number of aromatic nitrogens is 2. The average Bonchev–Trinajstić information content (AvgIpc) is 3.47. The van der Waals surface area contributed by atoms with Crippen molar-refractivity contribution in [3.05, 3.63) is 45.8 Å². The van der Waals surface area contributed by atoms with E-state index in [9.17, 15) is 0 Å². The van der Waals surface area contributed by atoms with Crippen LogP contribution >= 0.6 is 34.8 Å². The molecular weight excluding hydrogens is 409 g/mol. The van der Waals surface area contributed by atoms with Crippen molar-refractivity contribution in [2.75, 3.05) is 19.0 Å². The molecule has 0 bridgehead atoms. The van der Waals surface area contributed by atoms with Gasteiger partial charge in [-0.05, 0) is 37.0 Å². The number of halogens is 3. The second kappa shape index (κ2) is 7.58. The van der Waals surface area contributed by atoms with Gasteiger partial charge in [0.1, 0.15) is 10.7 Å². The monoisotopic (exact) mass is 423 g/mol. The van der Waals surface area contributed by atoms with Gasteiger partial charge in [-0.1, -0.05) is 34.8 Å². The molecule has 0 atom stereocenters. The maximum absolute atomic E-state index is 6.29. The van der Waals surface area contributed by atoms with E-state index < -0.39 is 0 Å². The van der Waals surface area contributed by atoms with Crippen LogP contribution in [0.15, 0.2) is 30.6 Å². The summed E-state index contributed by atoms with van der Waals surface area (Å²) in [5, 5.41) is 5.18. The van der Waals surface area contributed by atoms with Crippen molar-refractivity contribution in [1.82, 2.24) is 9.97 Å². The second-order valence-corrected chi connectivity index (χ2v) is 7.54. The van der Waals surface area contributed by atoms with E-state index in [0.29, 0.717) is 56.1 Å². The number of hydrogen-bond donors (Lipinski definition) is 1. The molecule has 5 nitrogen and oxygen atoms in total. The Morgan fingerprint density at radius 1 is 1.15 bits per heavy atom. The number of nitrogens with one attached hydrogen (secondary N) is 1. The number of rotatable bonds is 6. The molecule has 0 aliphatic heterocycles. The van der Waals surface area contributed by atoms with Crippen molar-refractivity contribution in [2.45, 2.75) is 12.8 Å². The molecule has 1 aromatic carbocycles. The molecule has 8 heteroatoms. The SMILES string of the molecule is COc1ccc2c(Nc3c(Cl)cncc3Cl)cc(Cl)nc2c1OCC1CC1. The normalized spacial score (nSPS) is 13.6. The van der Waals surface area contributed by atoms with Crippen molar-refractivity contribution < 1.29 is 9.47 Å². The van der Waals surface area contributed by atoms with Gasteiger partial charge in [-0.25, -0.2) is 4.98 Å². The van der Waals surface area contributed by atoms with E-state index in [0.717, 1.165) is 5.39 Å². The number of anilines is 2.